The molecule has 20 heavy (non-hydrogen) atoms. The molecule has 0 aliphatic rings. The van der Waals surface area contributed by atoms with E-state index in [0.29, 0.717) is 11.1 Å². The van der Waals surface area contributed by atoms with Crippen molar-refractivity contribution in [3.8, 4) is 0 Å². The lowest BCUT2D eigenvalue weighted by molar-refractivity contribution is 0.0696. The first-order chi connectivity index (χ1) is 9.58. The number of rotatable bonds is 4. The Labute approximate surface area is 116 Å². The summed E-state index contributed by atoms with van der Waals surface area (Å²) in [6.45, 7) is 2.10. The predicted molar refractivity (Wildman–Crippen MR) is 73.5 cm³/mol. The van der Waals surface area contributed by atoms with Crippen molar-refractivity contribution in [1.29, 1.82) is 0 Å². The van der Waals surface area contributed by atoms with Crippen molar-refractivity contribution in [1.82, 2.24) is 10.3 Å². The number of nitrogens with one attached hydrogen (secondary N) is 1. The van der Waals surface area contributed by atoms with Gasteiger partial charge >= 0.3 is 5.97 Å². The molecule has 0 aliphatic carbocycles. The second-order valence-corrected chi connectivity index (χ2v) is 4.38. The van der Waals surface area contributed by atoms with Gasteiger partial charge in [-0.2, -0.15) is 0 Å². The standard InChI is InChI=1S/C15H14N2O3/c1-10-4-2-3-5-13(10)14(18)17-8-11-6-12(15(19)20)9-16-7-11/h2-7,9H,8H2,1H3,(H,17,18)(H,19,20). The number of nitrogens with zero attached hydrogens (tertiary/aromatic N) is 1. The minimum Gasteiger partial charge on any atom is -0.478 e. The molecular weight excluding hydrogens is 256 g/mol. The van der Waals surface area contributed by atoms with Gasteiger partial charge in [0.2, 0.25) is 0 Å². The predicted octanol–water partition coefficient (Wildman–Crippen LogP) is 2.02. The Morgan fingerprint density at radius 2 is 2.00 bits per heavy atom. The number of benzene rings is 1. The smallest absolute Gasteiger partial charge is 0.337 e. The number of amides is 1. The lowest BCUT2D eigenvalue weighted by Crippen LogP contribution is -2.23. The largest absolute Gasteiger partial charge is 0.478 e. The minimum atomic E-state index is -1.04. The second kappa shape index (κ2) is 5.97. The van der Waals surface area contributed by atoms with Crippen molar-refractivity contribution >= 4 is 11.9 Å². The maximum atomic E-state index is 12.0. The van der Waals surface area contributed by atoms with Crippen LogP contribution in [0.15, 0.2) is 42.7 Å². The molecule has 0 saturated carbocycles. The molecule has 1 heterocycles. The topological polar surface area (TPSA) is 79.3 Å². The highest BCUT2D eigenvalue weighted by molar-refractivity contribution is 5.95. The van der Waals surface area contributed by atoms with Gasteiger partial charge in [-0.25, -0.2) is 4.79 Å². The van der Waals surface area contributed by atoms with Gasteiger partial charge in [0.05, 0.1) is 5.56 Å². The van der Waals surface area contributed by atoms with E-state index in [9.17, 15) is 9.59 Å². The minimum absolute atomic E-state index is 0.104. The zero-order valence-corrected chi connectivity index (χ0v) is 11.0. The van der Waals surface area contributed by atoms with E-state index in [2.05, 4.69) is 10.3 Å². The van der Waals surface area contributed by atoms with E-state index in [1.165, 1.54) is 18.5 Å². The Hall–Kier alpha value is -2.69. The second-order valence-electron chi connectivity index (χ2n) is 4.38. The summed E-state index contributed by atoms with van der Waals surface area (Å²) < 4.78 is 0. The first-order valence-electron chi connectivity index (χ1n) is 6.09. The fourth-order valence-electron chi connectivity index (χ4n) is 1.81. The maximum absolute atomic E-state index is 12.0. The molecule has 0 aliphatic heterocycles. The monoisotopic (exact) mass is 270 g/mol. The molecule has 0 radical (unpaired) electrons. The summed E-state index contributed by atoms with van der Waals surface area (Å²) >= 11 is 0. The Kier molecular flexibility index (Phi) is 4.10. The van der Waals surface area contributed by atoms with Crippen LogP contribution < -0.4 is 5.32 Å². The third-order valence-electron chi connectivity index (χ3n) is 2.88. The highest BCUT2D eigenvalue weighted by atomic mass is 16.4. The molecule has 2 aromatic rings. The summed E-state index contributed by atoms with van der Waals surface area (Å²) in [6.07, 6.45) is 2.81. The van der Waals surface area contributed by atoms with Crippen LogP contribution in [0.1, 0.15) is 31.8 Å². The number of carboxylic acids is 1. The van der Waals surface area contributed by atoms with Gasteiger partial charge in [0.15, 0.2) is 0 Å². The van der Waals surface area contributed by atoms with Gasteiger partial charge in [-0.15, -0.1) is 0 Å². The lowest BCUT2D eigenvalue weighted by Gasteiger charge is -2.07. The molecule has 1 aromatic carbocycles. The first-order valence-corrected chi connectivity index (χ1v) is 6.09. The van der Waals surface area contributed by atoms with Gasteiger partial charge in [0.25, 0.3) is 5.91 Å². The van der Waals surface area contributed by atoms with Gasteiger partial charge < -0.3 is 10.4 Å². The van der Waals surface area contributed by atoms with E-state index in [-0.39, 0.29) is 18.0 Å². The van der Waals surface area contributed by atoms with Gasteiger partial charge in [-0.05, 0) is 30.2 Å². The number of carboxylic acid groups (broad SMARTS) is 1. The fraction of sp³-hybridized carbons (Fsp3) is 0.133. The van der Waals surface area contributed by atoms with Crippen LogP contribution in [0.25, 0.3) is 0 Å². The Morgan fingerprint density at radius 3 is 2.70 bits per heavy atom. The number of hydrogen-bond donors (Lipinski definition) is 2. The number of aryl methyl sites for hydroxylation is 1. The van der Waals surface area contributed by atoms with Gasteiger partial charge in [-0.1, -0.05) is 18.2 Å². The molecule has 0 spiro atoms. The fourth-order valence-corrected chi connectivity index (χ4v) is 1.81. The highest BCUT2D eigenvalue weighted by Gasteiger charge is 2.09. The third kappa shape index (κ3) is 3.20. The van der Waals surface area contributed by atoms with Crippen LogP contribution in [-0.4, -0.2) is 22.0 Å². The molecular formula is C15H14N2O3. The molecule has 0 saturated heterocycles. The number of carbonyl (C=O) groups excluding carboxylic acids is 1. The normalized spacial score (nSPS) is 10.1. The third-order valence-corrected chi connectivity index (χ3v) is 2.88. The molecule has 2 rings (SSSR count). The van der Waals surface area contributed by atoms with Crippen LogP contribution in [0.4, 0.5) is 0 Å². The van der Waals surface area contributed by atoms with Crippen molar-refractivity contribution in [2.75, 3.05) is 0 Å². The van der Waals surface area contributed by atoms with Crippen LogP contribution in [0.3, 0.4) is 0 Å². The number of aromatic carboxylic acids is 1. The van der Waals surface area contributed by atoms with E-state index in [1.807, 2.05) is 19.1 Å². The SMILES string of the molecule is Cc1ccccc1C(=O)NCc1cncc(C(=O)O)c1. The lowest BCUT2D eigenvalue weighted by atomic mass is 10.1. The van der Waals surface area contributed by atoms with Crippen molar-refractivity contribution in [3.63, 3.8) is 0 Å². The molecule has 0 atom stereocenters. The van der Waals surface area contributed by atoms with Gasteiger partial charge in [0, 0.05) is 24.5 Å². The molecule has 0 bridgehead atoms. The summed E-state index contributed by atoms with van der Waals surface area (Å²) in [5.41, 5.74) is 2.25. The molecule has 0 fully saturated rings. The zero-order chi connectivity index (χ0) is 14.5. The van der Waals surface area contributed by atoms with Crippen molar-refractivity contribution < 1.29 is 14.7 Å². The summed E-state index contributed by atoms with van der Waals surface area (Å²) in [4.78, 5) is 26.7. The van der Waals surface area contributed by atoms with E-state index in [1.54, 1.807) is 12.1 Å². The quantitative estimate of drug-likeness (QED) is 0.890. The molecule has 0 unspecified atom stereocenters. The molecule has 102 valence electrons. The summed E-state index contributed by atoms with van der Waals surface area (Å²) in [7, 11) is 0. The van der Waals surface area contributed by atoms with Crippen molar-refractivity contribution in [3.05, 3.63) is 65.0 Å². The Morgan fingerprint density at radius 1 is 1.25 bits per heavy atom. The molecule has 1 amide bonds. The average Bonchev–Trinajstić information content (AvgIpc) is 2.45. The van der Waals surface area contributed by atoms with E-state index in [4.69, 9.17) is 5.11 Å². The average molecular weight is 270 g/mol. The number of hydrogen-bond acceptors (Lipinski definition) is 3. The van der Waals surface area contributed by atoms with Crippen LogP contribution in [0, 0.1) is 6.92 Å². The Bertz CT molecular complexity index is 653. The number of aromatic nitrogens is 1. The first kappa shape index (κ1) is 13.7. The van der Waals surface area contributed by atoms with Crippen LogP contribution in [0.5, 0.6) is 0 Å². The zero-order valence-electron chi connectivity index (χ0n) is 11.0. The van der Waals surface area contributed by atoms with Gasteiger partial charge in [0.1, 0.15) is 0 Å². The molecule has 5 heteroatoms. The van der Waals surface area contributed by atoms with Gasteiger partial charge in [-0.3, -0.25) is 9.78 Å². The van der Waals surface area contributed by atoms with Crippen molar-refractivity contribution in [2.24, 2.45) is 0 Å². The molecule has 1 aromatic heterocycles. The molecule has 5 nitrogen and oxygen atoms in total. The summed E-state index contributed by atoms with van der Waals surface area (Å²) in [6, 6.07) is 8.77. The van der Waals surface area contributed by atoms with Crippen LogP contribution >= 0.6 is 0 Å². The van der Waals surface area contributed by atoms with E-state index < -0.39 is 5.97 Å². The Balaban J connectivity index is 2.06. The van der Waals surface area contributed by atoms with Crippen molar-refractivity contribution in [2.45, 2.75) is 13.5 Å². The number of carbonyl (C=O) groups is 2. The highest BCUT2D eigenvalue weighted by Crippen LogP contribution is 2.07. The molecule has 2 N–H and O–H groups in total. The number of pyridine rings is 1. The van der Waals surface area contributed by atoms with E-state index in [0.717, 1.165) is 5.56 Å². The summed E-state index contributed by atoms with van der Waals surface area (Å²) in [5.74, 6) is -1.23. The van der Waals surface area contributed by atoms with E-state index >= 15 is 0 Å². The van der Waals surface area contributed by atoms with Crippen LogP contribution in [0.2, 0.25) is 0 Å². The summed E-state index contributed by atoms with van der Waals surface area (Å²) in [5, 5.41) is 11.6. The van der Waals surface area contributed by atoms with Crippen LogP contribution in [-0.2, 0) is 6.54 Å². The maximum Gasteiger partial charge on any atom is 0.337 e.